The molecule has 1 aliphatic carbocycles. The molecule has 1 saturated heterocycles. The predicted molar refractivity (Wildman–Crippen MR) is 140 cm³/mol. The standard InChI is InChI=1S/C27H36N4O3S/c1-3-31(24-17-22(32)10-9-19(24)2)26(33)23-18-35-25(29-23)21-12-15-30(16-13-21)27(34)28-14-11-20-7-5-4-6-8-20/h7,9-10,17-18,21,32H,3-6,8,11-16H2,1-2H3,(H,28,34). The first-order valence-electron chi connectivity index (χ1n) is 12.7. The van der Waals surface area contributed by atoms with E-state index in [-0.39, 0.29) is 23.6 Å². The van der Waals surface area contributed by atoms with Crippen LogP contribution in [-0.4, -0.2) is 53.1 Å². The number of urea groups is 1. The fourth-order valence-corrected chi connectivity index (χ4v) is 5.89. The minimum absolute atomic E-state index is 0.0231. The Morgan fingerprint density at radius 3 is 2.77 bits per heavy atom. The predicted octanol–water partition coefficient (Wildman–Crippen LogP) is 5.60. The van der Waals surface area contributed by atoms with Gasteiger partial charge in [-0.05, 0) is 70.4 Å². The van der Waals surface area contributed by atoms with Crippen molar-refractivity contribution < 1.29 is 14.7 Å². The topological polar surface area (TPSA) is 85.8 Å². The summed E-state index contributed by atoms with van der Waals surface area (Å²) in [7, 11) is 0. The number of thiazole rings is 1. The van der Waals surface area contributed by atoms with Crippen LogP contribution >= 0.6 is 11.3 Å². The zero-order chi connectivity index (χ0) is 24.8. The lowest BCUT2D eigenvalue weighted by molar-refractivity contribution is 0.0983. The van der Waals surface area contributed by atoms with Gasteiger partial charge in [-0.25, -0.2) is 9.78 Å². The zero-order valence-corrected chi connectivity index (χ0v) is 21.6. The summed E-state index contributed by atoms with van der Waals surface area (Å²) in [5.74, 6) is 0.238. The van der Waals surface area contributed by atoms with Crippen molar-refractivity contribution in [2.24, 2.45) is 0 Å². The van der Waals surface area contributed by atoms with Crippen molar-refractivity contribution in [1.29, 1.82) is 0 Å². The van der Waals surface area contributed by atoms with E-state index in [0.29, 0.717) is 37.6 Å². The number of hydrogen-bond donors (Lipinski definition) is 2. The molecule has 188 valence electrons. The molecular weight excluding hydrogens is 460 g/mol. The lowest BCUT2D eigenvalue weighted by Crippen LogP contribution is -2.44. The largest absolute Gasteiger partial charge is 0.508 e. The van der Waals surface area contributed by atoms with E-state index < -0.39 is 0 Å². The molecule has 1 fully saturated rings. The van der Waals surface area contributed by atoms with Crippen molar-refractivity contribution in [3.8, 4) is 5.75 Å². The third kappa shape index (κ3) is 6.23. The fraction of sp³-hybridized carbons (Fsp3) is 0.519. The van der Waals surface area contributed by atoms with E-state index in [9.17, 15) is 14.7 Å². The van der Waals surface area contributed by atoms with Crippen LogP contribution in [0.5, 0.6) is 5.75 Å². The second-order valence-electron chi connectivity index (χ2n) is 9.44. The number of rotatable bonds is 7. The van der Waals surface area contributed by atoms with Crippen LogP contribution in [0, 0.1) is 6.92 Å². The number of aromatic nitrogens is 1. The number of benzene rings is 1. The number of allylic oxidation sites excluding steroid dienone is 1. The normalized spacial score (nSPS) is 16.6. The first-order valence-corrected chi connectivity index (χ1v) is 13.6. The van der Waals surface area contributed by atoms with E-state index in [1.54, 1.807) is 17.0 Å². The summed E-state index contributed by atoms with van der Waals surface area (Å²) in [5, 5.41) is 15.8. The molecule has 1 aromatic heterocycles. The number of hydrogen-bond acceptors (Lipinski definition) is 5. The second-order valence-corrected chi connectivity index (χ2v) is 10.3. The molecule has 2 aromatic rings. The maximum atomic E-state index is 13.2. The Bertz CT molecular complexity index is 1070. The highest BCUT2D eigenvalue weighted by Gasteiger charge is 2.27. The average molecular weight is 497 g/mol. The highest BCUT2D eigenvalue weighted by atomic mass is 32.1. The molecule has 0 saturated carbocycles. The van der Waals surface area contributed by atoms with Gasteiger partial charge in [0.25, 0.3) is 5.91 Å². The van der Waals surface area contributed by atoms with Crippen LogP contribution in [0.4, 0.5) is 10.5 Å². The molecule has 0 radical (unpaired) electrons. The number of anilines is 1. The Morgan fingerprint density at radius 1 is 1.26 bits per heavy atom. The Labute approximate surface area is 211 Å². The number of aromatic hydroxyl groups is 1. The Morgan fingerprint density at radius 2 is 2.06 bits per heavy atom. The molecule has 0 atom stereocenters. The van der Waals surface area contributed by atoms with Crippen molar-refractivity contribution in [1.82, 2.24) is 15.2 Å². The number of aryl methyl sites for hydroxylation is 1. The molecule has 2 aliphatic rings. The van der Waals surface area contributed by atoms with E-state index in [0.717, 1.165) is 29.8 Å². The summed E-state index contributed by atoms with van der Waals surface area (Å²) >= 11 is 1.52. The van der Waals surface area contributed by atoms with Crippen LogP contribution in [0.1, 0.15) is 78.8 Å². The lowest BCUT2D eigenvalue weighted by atomic mass is 9.97. The molecule has 7 nitrogen and oxygen atoms in total. The number of carbonyl (C=O) groups is 2. The minimum atomic E-state index is -0.159. The van der Waals surface area contributed by atoms with Gasteiger partial charge < -0.3 is 20.2 Å². The van der Waals surface area contributed by atoms with E-state index in [2.05, 4.69) is 11.4 Å². The van der Waals surface area contributed by atoms with Crippen molar-refractivity contribution in [3.05, 3.63) is 51.5 Å². The van der Waals surface area contributed by atoms with Crippen LogP contribution in [0.3, 0.4) is 0 Å². The molecule has 2 N–H and O–H groups in total. The van der Waals surface area contributed by atoms with Crippen LogP contribution in [0.2, 0.25) is 0 Å². The summed E-state index contributed by atoms with van der Waals surface area (Å²) in [6.45, 7) is 6.43. The van der Waals surface area contributed by atoms with Crippen LogP contribution in [0.15, 0.2) is 35.2 Å². The number of amides is 3. The number of phenolic OH excluding ortho intramolecular Hbond substituents is 1. The number of carbonyl (C=O) groups excluding carboxylic acids is 2. The van der Waals surface area contributed by atoms with Gasteiger partial charge in [-0.15, -0.1) is 11.3 Å². The molecule has 1 aliphatic heterocycles. The Hall–Kier alpha value is -2.87. The quantitative estimate of drug-likeness (QED) is 0.488. The maximum Gasteiger partial charge on any atom is 0.317 e. The SMILES string of the molecule is CCN(C(=O)c1csc(C2CCN(C(=O)NCCC3=CCCCC3)CC2)n1)c1cc(O)ccc1C. The summed E-state index contributed by atoms with van der Waals surface area (Å²) in [6.07, 6.45) is 9.88. The highest BCUT2D eigenvalue weighted by Crippen LogP contribution is 2.32. The van der Waals surface area contributed by atoms with Crippen molar-refractivity contribution in [2.45, 2.75) is 64.7 Å². The van der Waals surface area contributed by atoms with E-state index in [1.807, 2.05) is 30.2 Å². The number of likely N-dealkylation sites (tertiary alicyclic amines) is 1. The molecule has 0 unspecified atom stereocenters. The summed E-state index contributed by atoms with van der Waals surface area (Å²) in [5.41, 5.74) is 3.54. The molecule has 8 heteroatoms. The fourth-order valence-electron chi connectivity index (χ4n) is 4.93. The molecule has 3 amide bonds. The Balaban J connectivity index is 1.30. The first-order chi connectivity index (χ1) is 17.0. The number of nitrogens with zero attached hydrogens (tertiary/aromatic N) is 3. The summed E-state index contributed by atoms with van der Waals surface area (Å²) < 4.78 is 0. The maximum absolute atomic E-state index is 13.2. The van der Waals surface area contributed by atoms with Gasteiger partial charge in [-0.3, -0.25) is 4.79 Å². The van der Waals surface area contributed by atoms with Gasteiger partial charge in [0.2, 0.25) is 0 Å². The monoisotopic (exact) mass is 496 g/mol. The summed E-state index contributed by atoms with van der Waals surface area (Å²) in [4.78, 5) is 34.0. The molecule has 0 bridgehead atoms. The van der Waals surface area contributed by atoms with Gasteiger partial charge in [-0.1, -0.05) is 17.7 Å². The van der Waals surface area contributed by atoms with E-state index >= 15 is 0 Å². The zero-order valence-electron chi connectivity index (χ0n) is 20.8. The van der Waals surface area contributed by atoms with Gasteiger partial charge in [0.1, 0.15) is 11.4 Å². The third-order valence-corrected chi connectivity index (χ3v) is 8.03. The van der Waals surface area contributed by atoms with Crippen LogP contribution in [0.25, 0.3) is 0 Å². The summed E-state index contributed by atoms with van der Waals surface area (Å²) in [6, 6.07) is 5.08. The molecule has 4 rings (SSSR count). The molecule has 2 heterocycles. The van der Waals surface area contributed by atoms with Gasteiger partial charge in [0, 0.05) is 43.5 Å². The van der Waals surface area contributed by atoms with Gasteiger partial charge in [-0.2, -0.15) is 0 Å². The smallest absolute Gasteiger partial charge is 0.317 e. The van der Waals surface area contributed by atoms with E-state index in [1.165, 1.54) is 42.6 Å². The Kier molecular flexibility index (Phi) is 8.44. The molecule has 1 aromatic carbocycles. The van der Waals surface area contributed by atoms with Gasteiger partial charge >= 0.3 is 6.03 Å². The average Bonchev–Trinajstić information content (AvgIpc) is 3.37. The number of piperidine rings is 1. The highest BCUT2D eigenvalue weighted by molar-refractivity contribution is 7.10. The first kappa shape index (κ1) is 25.2. The van der Waals surface area contributed by atoms with Crippen LogP contribution in [-0.2, 0) is 0 Å². The number of nitrogens with one attached hydrogen (secondary N) is 1. The molecular formula is C27H36N4O3S. The minimum Gasteiger partial charge on any atom is -0.508 e. The van der Waals surface area contributed by atoms with Gasteiger partial charge in [0.05, 0.1) is 10.7 Å². The van der Waals surface area contributed by atoms with Crippen molar-refractivity contribution in [2.75, 3.05) is 31.1 Å². The van der Waals surface area contributed by atoms with E-state index in [4.69, 9.17) is 4.98 Å². The second kappa shape index (κ2) is 11.7. The van der Waals surface area contributed by atoms with Crippen LogP contribution < -0.4 is 10.2 Å². The van der Waals surface area contributed by atoms with Crippen molar-refractivity contribution >= 4 is 29.0 Å². The lowest BCUT2D eigenvalue weighted by Gasteiger charge is -2.31. The van der Waals surface area contributed by atoms with Crippen molar-refractivity contribution in [3.63, 3.8) is 0 Å². The molecule has 0 spiro atoms. The van der Waals surface area contributed by atoms with Gasteiger partial charge in [0.15, 0.2) is 0 Å². The third-order valence-electron chi connectivity index (χ3n) is 7.02. The number of phenols is 1. The molecule has 35 heavy (non-hydrogen) atoms.